The fourth-order valence-electron chi connectivity index (χ4n) is 2.38. The highest BCUT2D eigenvalue weighted by molar-refractivity contribution is 9.10. The Morgan fingerprint density at radius 3 is 2.75 bits per heavy atom. The van der Waals surface area contributed by atoms with Crippen molar-refractivity contribution in [1.82, 2.24) is 5.32 Å². The molecule has 0 spiro atoms. The summed E-state index contributed by atoms with van der Waals surface area (Å²) in [4.78, 5) is 0. The van der Waals surface area contributed by atoms with Crippen molar-refractivity contribution in [3.63, 3.8) is 0 Å². The number of hydrogen-bond acceptors (Lipinski definition) is 1. The summed E-state index contributed by atoms with van der Waals surface area (Å²) in [5, 5.41) is 3.50. The number of rotatable bonds is 3. The normalized spacial score (nSPS) is 18.9. The van der Waals surface area contributed by atoms with Gasteiger partial charge in [-0.15, -0.1) is 0 Å². The molecule has 0 aliphatic heterocycles. The third-order valence-corrected chi connectivity index (χ3v) is 3.76. The van der Waals surface area contributed by atoms with E-state index in [0.717, 1.165) is 10.0 Å². The maximum Gasteiger partial charge on any atom is 0.128 e. The monoisotopic (exact) mass is 285 g/mol. The van der Waals surface area contributed by atoms with Gasteiger partial charge in [0, 0.05) is 22.1 Å². The summed E-state index contributed by atoms with van der Waals surface area (Å²) in [6, 6.07) is 5.77. The molecule has 88 valence electrons. The minimum atomic E-state index is -0.124. The molecule has 0 heterocycles. The van der Waals surface area contributed by atoms with Gasteiger partial charge in [0.25, 0.3) is 0 Å². The molecule has 0 saturated heterocycles. The van der Waals surface area contributed by atoms with E-state index in [0.29, 0.717) is 6.04 Å². The van der Waals surface area contributed by atoms with Gasteiger partial charge in [0.05, 0.1) is 0 Å². The molecule has 1 aliphatic carbocycles. The van der Waals surface area contributed by atoms with E-state index in [2.05, 4.69) is 21.2 Å². The number of benzene rings is 1. The lowest BCUT2D eigenvalue weighted by Crippen LogP contribution is -2.29. The molecule has 0 aromatic heterocycles. The quantitative estimate of drug-likeness (QED) is 0.879. The fourth-order valence-corrected chi connectivity index (χ4v) is 2.76. The predicted octanol–water partition coefficient (Wildman–Crippen LogP) is 4.18. The molecule has 2 rings (SSSR count). The second-order valence-electron chi connectivity index (χ2n) is 4.54. The van der Waals surface area contributed by atoms with E-state index < -0.39 is 0 Å². The summed E-state index contributed by atoms with van der Waals surface area (Å²) in [6.45, 7) is 2.03. The Morgan fingerprint density at radius 1 is 1.38 bits per heavy atom. The topological polar surface area (TPSA) is 12.0 Å². The van der Waals surface area contributed by atoms with E-state index in [9.17, 15) is 4.39 Å². The Labute approximate surface area is 105 Å². The van der Waals surface area contributed by atoms with Gasteiger partial charge < -0.3 is 5.32 Å². The lowest BCUT2D eigenvalue weighted by Gasteiger charge is -2.20. The molecule has 1 aromatic carbocycles. The maximum absolute atomic E-state index is 13.6. The van der Waals surface area contributed by atoms with Crippen LogP contribution in [0.4, 0.5) is 4.39 Å². The molecule has 0 amide bonds. The van der Waals surface area contributed by atoms with Gasteiger partial charge in [-0.1, -0.05) is 28.8 Å². The first-order valence-electron chi connectivity index (χ1n) is 5.88. The highest BCUT2D eigenvalue weighted by atomic mass is 79.9. The zero-order valence-electron chi connectivity index (χ0n) is 9.47. The first-order valence-corrected chi connectivity index (χ1v) is 6.67. The van der Waals surface area contributed by atoms with Crippen molar-refractivity contribution < 1.29 is 4.39 Å². The summed E-state index contributed by atoms with van der Waals surface area (Å²) >= 11 is 3.38. The van der Waals surface area contributed by atoms with Crippen LogP contribution in [0.5, 0.6) is 0 Å². The number of hydrogen-bond donors (Lipinski definition) is 1. The minimum absolute atomic E-state index is 0.0839. The third kappa shape index (κ3) is 2.83. The van der Waals surface area contributed by atoms with Gasteiger partial charge in [-0.2, -0.15) is 0 Å². The molecular formula is C13H17BrFN. The van der Waals surface area contributed by atoms with Crippen molar-refractivity contribution in [2.24, 2.45) is 0 Å². The van der Waals surface area contributed by atoms with E-state index >= 15 is 0 Å². The minimum Gasteiger partial charge on any atom is -0.307 e. The van der Waals surface area contributed by atoms with Crippen molar-refractivity contribution >= 4 is 15.9 Å². The van der Waals surface area contributed by atoms with Crippen molar-refractivity contribution in [3.8, 4) is 0 Å². The molecule has 1 fully saturated rings. The highest BCUT2D eigenvalue weighted by Gasteiger charge is 2.19. The molecule has 3 heteroatoms. The van der Waals surface area contributed by atoms with Crippen LogP contribution in [0.2, 0.25) is 0 Å². The predicted molar refractivity (Wildman–Crippen MR) is 67.9 cm³/mol. The van der Waals surface area contributed by atoms with E-state index in [4.69, 9.17) is 0 Å². The van der Waals surface area contributed by atoms with Crippen molar-refractivity contribution in [2.75, 3.05) is 0 Å². The Morgan fingerprint density at radius 2 is 2.06 bits per heavy atom. The summed E-state index contributed by atoms with van der Waals surface area (Å²) < 4.78 is 14.6. The van der Waals surface area contributed by atoms with E-state index in [1.165, 1.54) is 31.7 Å². The molecule has 1 saturated carbocycles. The van der Waals surface area contributed by atoms with Crippen LogP contribution in [0, 0.1) is 5.82 Å². The molecule has 1 aromatic rings. The van der Waals surface area contributed by atoms with Crippen LogP contribution in [0.1, 0.15) is 44.2 Å². The van der Waals surface area contributed by atoms with E-state index in [1.807, 2.05) is 13.0 Å². The molecule has 1 N–H and O–H groups in total. The van der Waals surface area contributed by atoms with Gasteiger partial charge in [0.2, 0.25) is 0 Å². The lowest BCUT2D eigenvalue weighted by atomic mass is 10.1. The SMILES string of the molecule is CC(NC1CCCC1)c1cc(Br)ccc1F. The molecular weight excluding hydrogens is 269 g/mol. The second-order valence-corrected chi connectivity index (χ2v) is 5.45. The first-order chi connectivity index (χ1) is 7.66. The molecule has 1 atom stereocenters. The molecule has 1 unspecified atom stereocenters. The zero-order valence-corrected chi connectivity index (χ0v) is 11.1. The highest BCUT2D eigenvalue weighted by Crippen LogP contribution is 2.25. The summed E-state index contributed by atoms with van der Waals surface area (Å²) in [5.74, 6) is -0.124. The molecule has 1 aliphatic rings. The Balaban J connectivity index is 2.07. The largest absolute Gasteiger partial charge is 0.307 e. The molecule has 0 bridgehead atoms. The zero-order chi connectivity index (χ0) is 11.5. The average molecular weight is 286 g/mol. The number of halogens is 2. The van der Waals surface area contributed by atoms with Gasteiger partial charge in [0.15, 0.2) is 0 Å². The van der Waals surface area contributed by atoms with Crippen LogP contribution in [0.15, 0.2) is 22.7 Å². The maximum atomic E-state index is 13.6. The van der Waals surface area contributed by atoms with E-state index in [-0.39, 0.29) is 11.9 Å². The van der Waals surface area contributed by atoms with Gasteiger partial charge in [0.1, 0.15) is 5.82 Å². The third-order valence-electron chi connectivity index (χ3n) is 3.27. The van der Waals surface area contributed by atoms with Crippen molar-refractivity contribution in [2.45, 2.75) is 44.7 Å². The summed E-state index contributed by atoms with van der Waals surface area (Å²) in [7, 11) is 0. The van der Waals surface area contributed by atoms with Crippen LogP contribution in [-0.2, 0) is 0 Å². The summed E-state index contributed by atoms with van der Waals surface area (Å²) in [5.41, 5.74) is 0.751. The van der Waals surface area contributed by atoms with E-state index in [1.54, 1.807) is 6.07 Å². The molecule has 0 radical (unpaired) electrons. The van der Waals surface area contributed by atoms with Crippen LogP contribution in [-0.4, -0.2) is 6.04 Å². The van der Waals surface area contributed by atoms with Crippen LogP contribution < -0.4 is 5.32 Å². The lowest BCUT2D eigenvalue weighted by molar-refractivity contribution is 0.447. The van der Waals surface area contributed by atoms with Crippen molar-refractivity contribution in [3.05, 3.63) is 34.1 Å². The summed E-state index contributed by atoms with van der Waals surface area (Å²) in [6.07, 6.45) is 5.04. The van der Waals surface area contributed by atoms with Gasteiger partial charge in [-0.05, 0) is 38.0 Å². The Kier molecular flexibility index (Phi) is 3.98. The standard InChI is InChI=1S/C13H17BrFN/c1-9(16-11-4-2-3-5-11)12-8-10(14)6-7-13(12)15/h6-9,11,16H,2-5H2,1H3. The second kappa shape index (κ2) is 5.28. The van der Waals surface area contributed by atoms with Crippen LogP contribution in [0.25, 0.3) is 0 Å². The van der Waals surface area contributed by atoms with Crippen LogP contribution in [0.3, 0.4) is 0 Å². The van der Waals surface area contributed by atoms with Crippen LogP contribution >= 0.6 is 15.9 Å². The number of nitrogens with one attached hydrogen (secondary N) is 1. The van der Waals surface area contributed by atoms with Gasteiger partial charge in [-0.25, -0.2) is 4.39 Å². The Hall–Kier alpha value is -0.410. The fraction of sp³-hybridized carbons (Fsp3) is 0.538. The first kappa shape index (κ1) is 12.1. The smallest absolute Gasteiger partial charge is 0.128 e. The molecule has 16 heavy (non-hydrogen) atoms. The molecule has 1 nitrogen and oxygen atoms in total. The van der Waals surface area contributed by atoms with Gasteiger partial charge in [-0.3, -0.25) is 0 Å². The van der Waals surface area contributed by atoms with Gasteiger partial charge >= 0.3 is 0 Å². The average Bonchev–Trinajstić information content (AvgIpc) is 2.74. The van der Waals surface area contributed by atoms with Crippen molar-refractivity contribution in [1.29, 1.82) is 0 Å². The Bertz CT molecular complexity index is 361.